The summed E-state index contributed by atoms with van der Waals surface area (Å²) in [6, 6.07) is 4.31. The fourth-order valence-corrected chi connectivity index (χ4v) is 2.82. The van der Waals surface area contributed by atoms with E-state index in [1.165, 1.54) is 6.07 Å². The molecule has 114 valence electrons. The maximum Gasteiger partial charge on any atom is 0.273 e. The lowest BCUT2D eigenvalue weighted by Crippen LogP contribution is -2.48. The molecule has 1 amide bonds. The van der Waals surface area contributed by atoms with Crippen LogP contribution in [0.4, 0.5) is 5.69 Å². The Balaban J connectivity index is 2.30. The summed E-state index contributed by atoms with van der Waals surface area (Å²) in [6.45, 7) is 3.90. The standard InChI is InChI=1S/C15H20N2O4/c1-10-6-7-12(9-14(10)17(20)21)15(19)16-8-4-3-5-13(16)11(2)18/h6-7,9,11,13,18H,3-5,8H2,1-2H3. The summed E-state index contributed by atoms with van der Waals surface area (Å²) < 4.78 is 0. The van der Waals surface area contributed by atoms with Crippen LogP contribution in [0.15, 0.2) is 18.2 Å². The fourth-order valence-electron chi connectivity index (χ4n) is 2.82. The van der Waals surface area contributed by atoms with Crippen LogP contribution in [0, 0.1) is 17.0 Å². The van der Waals surface area contributed by atoms with Crippen molar-refractivity contribution in [3.05, 3.63) is 39.4 Å². The largest absolute Gasteiger partial charge is 0.391 e. The Labute approximate surface area is 123 Å². The van der Waals surface area contributed by atoms with Gasteiger partial charge in [-0.25, -0.2) is 0 Å². The number of nitro benzene ring substituents is 1. The molecule has 1 saturated heterocycles. The van der Waals surface area contributed by atoms with Gasteiger partial charge in [-0.3, -0.25) is 14.9 Å². The highest BCUT2D eigenvalue weighted by Crippen LogP contribution is 2.25. The molecule has 1 fully saturated rings. The molecule has 2 atom stereocenters. The van der Waals surface area contributed by atoms with Gasteiger partial charge in [-0.05, 0) is 39.2 Å². The number of carbonyl (C=O) groups excluding carboxylic acids is 1. The number of aliphatic hydroxyl groups is 1. The van der Waals surface area contributed by atoms with Gasteiger partial charge in [0, 0.05) is 23.7 Å². The van der Waals surface area contributed by atoms with Gasteiger partial charge in [0.15, 0.2) is 0 Å². The molecule has 1 aliphatic heterocycles. The molecule has 0 spiro atoms. The smallest absolute Gasteiger partial charge is 0.273 e. The number of aryl methyl sites for hydroxylation is 1. The summed E-state index contributed by atoms with van der Waals surface area (Å²) in [5.74, 6) is -0.247. The van der Waals surface area contributed by atoms with E-state index >= 15 is 0 Å². The van der Waals surface area contributed by atoms with Crippen LogP contribution in [0.5, 0.6) is 0 Å². The van der Waals surface area contributed by atoms with Crippen molar-refractivity contribution in [2.45, 2.75) is 45.3 Å². The average Bonchev–Trinajstić information content (AvgIpc) is 2.46. The minimum Gasteiger partial charge on any atom is -0.391 e. The molecule has 2 rings (SSSR count). The van der Waals surface area contributed by atoms with Gasteiger partial charge >= 0.3 is 0 Å². The van der Waals surface area contributed by atoms with Crippen molar-refractivity contribution in [2.24, 2.45) is 0 Å². The zero-order valence-corrected chi connectivity index (χ0v) is 12.3. The van der Waals surface area contributed by atoms with Crippen molar-refractivity contribution in [3.8, 4) is 0 Å². The third kappa shape index (κ3) is 3.21. The lowest BCUT2D eigenvalue weighted by atomic mass is 9.97. The van der Waals surface area contributed by atoms with Crippen LogP contribution in [-0.2, 0) is 0 Å². The summed E-state index contributed by atoms with van der Waals surface area (Å²) in [5.41, 5.74) is 0.786. The second-order valence-corrected chi connectivity index (χ2v) is 5.56. The number of likely N-dealkylation sites (tertiary alicyclic amines) is 1. The Morgan fingerprint density at radius 1 is 1.48 bits per heavy atom. The second kappa shape index (κ2) is 6.22. The van der Waals surface area contributed by atoms with E-state index in [1.54, 1.807) is 30.9 Å². The SMILES string of the molecule is Cc1ccc(C(=O)N2CCCCC2C(C)O)cc1[N+](=O)[O-]. The zero-order valence-electron chi connectivity index (χ0n) is 12.3. The Bertz CT molecular complexity index is 557. The summed E-state index contributed by atoms with van der Waals surface area (Å²) >= 11 is 0. The van der Waals surface area contributed by atoms with Gasteiger partial charge in [-0.1, -0.05) is 6.07 Å². The van der Waals surface area contributed by atoms with Crippen LogP contribution >= 0.6 is 0 Å². The molecule has 1 heterocycles. The molecule has 0 aromatic heterocycles. The molecule has 2 unspecified atom stereocenters. The van der Waals surface area contributed by atoms with Crippen LogP contribution in [-0.4, -0.2) is 39.5 Å². The van der Waals surface area contributed by atoms with Crippen molar-refractivity contribution in [2.75, 3.05) is 6.54 Å². The number of rotatable bonds is 3. The quantitative estimate of drug-likeness (QED) is 0.684. The number of hydrogen-bond donors (Lipinski definition) is 1. The van der Waals surface area contributed by atoms with Gasteiger partial charge in [0.1, 0.15) is 0 Å². The lowest BCUT2D eigenvalue weighted by Gasteiger charge is -2.37. The van der Waals surface area contributed by atoms with E-state index in [0.717, 1.165) is 19.3 Å². The number of nitrogens with zero attached hydrogens (tertiary/aromatic N) is 2. The number of nitro groups is 1. The molecule has 0 saturated carbocycles. The highest BCUT2D eigenvalue weighted by Gasteiger charge is 2.31. The molecule has 0 aliphatic carbocycles. The summed E-state index contributed by atoms with van der Waals surface area (Å²) in [4.78, 5) is 24.7. The third-order valence-electron chi connectivity index (χ3n) is 4.02. The molecule has 0 radical (unpaired) electrons. The molecule has 21 heavy (non-hydrogen) atoms. The molecule has 1 N–H and O–H groups in total. The molecular formula is C15H20N2O4. The number of aliphatic hydroxyl groups excluding tert-OH is 1. The van der Waals surface area contributed by atoms with E-state index in [-0.39, 0.29) is 17.6 Å². The first-order valence-corrected chi connectivity index (χ1v) is 7.16. The third-order valence-corrected chi connectivity index (χ3v) is 4.02. The monoisotopic (exact) mass is 292 g/mol. The van der Waals surface area contributed by atoms with Crippen molar-refractivity contribution in [3.63, 3.8) is 0 Å². The van der Waals surface area contributed by atoms with Crippen molar-refractivity contribution in [1.29, 1.82) is 0 Å². The van der Waals surface area contributed by atoms with Gasteiger partial charge in [0.05, 0.1) is 17.1 Å². The van der Waals surface area contributed by atoms with Crippen LogP contribution < -0.4 is 0 Å². The summed E-state index contributed by atoms with van der Waals surface area (Å²) in [5, 5.41) is 20.8. The van der Waals surface area contributed by atoms with E-state index in [0.29, 0.717) is 17.7 Å². The molecule has 6 heteroatoms. The fraction of sp³-hybridized carbons (Fsp3) is 0.533. The predicted molar refractivity (Wildman–Crippen MR) is 78.2 cm³/mol. The highest BCUT2D eigenvalue weighted by molar-refractivity contribution is 5.95. The average molecular weight is 292 g/mol. The maximum atomic E-state index is 12.6. The van der Waals surface area contributed by atoms with Crippen LogP contribution in [0.25, 0.3) is 0 Å². The Hall–Kier alpha value is -1.95. The molecule has 0 bridgehead atoms. The number of carbonyl (C=O) groups is 1. The summed E-state index contributed by atoms with van der Waals surface area (Å²) in [7, 11) is 0. The topological polar surface area (TPSA) is 83.7 Å². The molecule has 1 aliphatic rings. The number of hydrogen-bond acceptors (Lipinski definition) is 4. The molecule has 1 aromatic rings. The minimum atomic E-state index is -0.602. The van der Waals surface area contributed by atoms with Crippen molar-refractivity contribution >= 4 is 11.6 Å². The highest BCUT2D eigenvalue weighted by atomic mass is 16.6. The molecule has 1 aromatic carbocycles. The lowest BCUT2D eigenvalue weighted by molar-refractivity contribution is -0.385. The van der Waals surface area contributed by atoms with E-state index in [4.69, 9.17) is 0 Å². The van der Waals surface area contributed by atoms with Gasteiger partial charge in [-0.2, -0.15) is 0 Å². The second-order valence-electron chi connectivity index (χ2n) is 5.56. The minimum absolute atomic E-state index is 0.0496. The Morgan fingerprint density at radius 3 is 2.81 bits per heavy atom. The van der Waals surface area contributed by atoms with Crippen molar-refractivity contribution in [1.82, 2.24) is 4.90 Å². The predicted octanol–water partition coefficient (Wildman–Crippen LogP) is 2.28. The number of amides is 1. The first kappa shape index (κ1) is 15.4. The Morgan fingerprint density at radius 2 is 2.19 bits per heavy atom. The number of benzene rings is 1. The van der Waals surface area contributed by atoms with Gasteiger partial charge in [0.2, 0.25) is 0 Å². The van der Waals surface area contributed by atoms with Crippen LogP contribution in [0.3, 0.4) is 0 Å². The molecular weight excluding hydrogens is 272 g/mol. The number of piperidine rings is 1. The molecule has 6 nitrogen and oxygen atoms in total. The van der Waals surface area contributed by atoms with E-state index < -0.39 is 11.0 Å². The van der Waals surface area contributed by atoms with Crippen molar-refractivity contribution < 1.29 is 14.8 Å². The normalized spacial score (nSPS) is 20.1. The zero-order chi connectivity index (χ0) is 15.6. The Kier molecular flexibility index (Phi) is 4.57. The van der Waals surface area contributed by atoms with Gasteiger partial charge in [-0.15, -0.1) is 0 Å². The van der Waals surface area contributed by atoms with E-state index in [1.807, 2.05) is 0 Å². The van der Waals surface area contributed by atoms with Crippen LogP contribution in [0.1, 0.15) is 42.1 Å². The first-order chi connectivity index (χ1) is 9.91. The van der Waals surface area contributed by atoms with Crippen LogP contribution in [0.2, 0.25) is 0 Å². The first-order valence-electron chi connectivity index (χ1n) is 7.16. The van der Waals surface area contributed by atoms with E-state index in [2.05, 4.69) is 0 Å². The maximum absolute atomic E-state index is 12.6. The van der Waals surface area contributed by atoms with Gasteiger partial charge in [0.25, 0.3) is 11.6 Å². The van der Waals surface area contributed by atoms with Gasteiger partial charge < -0.3 is 10.0 Å². The van der Waals surface area contributed by atoms with E-state index in [9.17, 15) is 20.0 Å². The summed E-state index contributed by atoms with van der Waals surface area (Å²) in [6.07, 6.45) is 2.03.